The van der Waals surface area contributed by atoms with Crippen molar-refractivity contribution in [2.75, 3.05) is 13.1 Å². The van der Waals surface area contributed by atoms with Crippen LogP contribution in [-0.4, -0.2) is 23.1 Å². The number of nitrogens with one attached hydrogen (secondary N) is 2. The van der Waals surface area contributed by atoms with E-state index in [0.717, 1.165) is 36.6 Å². The van der Waals surface area contributed by atoms with Crippen LogP contribution in [0.15, 0.2) is 24.4 Å². The first kappa shape index (κ1) is 13.3. The third-order valence-corrected chi connectivity index (χ3v) is 4.05. The lowest BCUT2D eigenvalue weighted by Gasteiger charge is -2.21. The summed E-state index contributed by atoms with van der Waals surface area (Å²) in [5.41, 5.74) is 2.42. The number of aromatic nitrogens is 2. The number of benzene rings is 1. The number of nitrogens with zero attached hydrogens (tertiary/aromatic N) is 1. The first-order chi connectivity index (χ1) is 9.72. The summed E-state index contributed by atoms with van der Waals surface area (Å²) < 4.78 is 13.6. The van der Waals surface area contributed by atoms with Gasteiger partial charge in [-0.05, 0) is 50.4 Å². The minimum absolute atomic E-state index is 0.169. The molecule has 20 heavy (non-hydrogen) atoms. The topological polar surface area (TPSA) is 40.7 Å². The van der Waals surface area contributed by atoms with Gasteiger partial charge < -0.3 is 10.3 Å². The molecule has 0 aliphatic carbocycles. The number of aromatic amines is 1. The molecule has 0 bridgehead atoms. The minimum Gasteiger partial charge on any atom is -0.342 e. The highest BCUT2D eigenvalue weighted by atomic mass is 19.1. The third-order valence-electron chi connectivity index (χ3n) is 4.05. The van der Waals surface area contributed by atoms with E-state index in [2.05, 4.69) is 15.3 Å². The van der Waals surface area contributed by atoms with Gasteiger partial charge in [0.15, 0.2) is 0 Å². The first-order valence-corrected chi connectivity index (χ1v) is 7.23. The highest BCUT2D eigenvalue weighted by Crippen LogP contribution is 2.22. The van der Waals surface area contributed by atoms with E-state index in [1.165, 1.54) is 12.8 Å². The van der Waals surface area contributed by atoms with Crippen LogP contribution in [0, 0.1) is 18.7 Å². The molecule has 0 amide bonds. The number of hydrogen-bond donors (Lipinski definition) is 2. The van der Waals surface area contributed by atoms with Gasteiger partial charge >= 0.3 is 0 Å². The average molecular weight is 273 g/mol. The second-order valence-electron chi connectivity index (χ2n) is 5.61. The second kappa shape index (κ2) is 5.75. The smallest absolute Gasteiger partial charge is 0.126 e. The third kappa shape index (κ3) is 2.90. The summed E-state index contributed by atoms with van der Waals surface area (Å²) in [4.78, 5) is 7.77. The summed E-state index contributed by atoms with van der Waals surface area (Å²) in [6.45, 7) is 3.97. The summed E-state index contributed by atoms with van der Waals surface area (Å²) >= 11 is 0. The lowest BCUT2D eigenvalue weighted by molar-refractivity contribution is 0.368. The Morgan fingerprint density at radius 2 is 2.10 bits per heavy atom. The number of hydrogen-bond acceptors (Lipinski definition) is 2. The molecule has 1 fully saturated rings. The number of aryl methyl sites for hydroxylation is 1. The van der Waals surface area contributed by atoms with Crippen molar-refractivity contribution in [2.24, 2.45) is 5.92 Å². The number of H-pyrrole nitrogens is 1. The Kier molecular flexibility index (Phi) is 3.83. The van der Waals surface area contributed by atoms with Gasteiger partial charge in [0.05, 0.1) is 11.9 Å². The lowest BCUT2D eigenvalue weighted by Crippen LogP contribution is -2.28. The monoisotopic (exact) mass is 273 g/mol. The molecule has 3 rings (SSSR count). The van der Waals surface area contributed by atoms with Gasteiger partial charge in [-0.3, -0.25) is 0 Å². The molecule has 1 aliphatic rings. The fraction of sp³-hybridized carbons (Fsp3) is 0.438. The van der Waals surface area contributed by atoms with Crippen LogP contribution in [0.25, 0.3) is 11.3 Å². The molecule has 1 aromatic carbocycles. The summed E-state index contributed by atoms with van der Waals surface area (Å²) in [5.74, 6) is 1.54. The fourth-order valence-electron chi connectivity index (χ4n) is 2.73. The molecule has 106 valence electrons. The van der Waals surface area contributed by atoms with E-state index in [-0.39, 0.29) is 5.82 Å². The Bertz CT molecular complexity index is 585. The average Bonchev–Trinajstić information content (AvgIpc) is 2.91. The molecule has 0 radical (unpaired) electrons. The van der Waals surface area contributed by atoms with Crippen molar-refractivity contribution < 1.29 is 4.39 Å². The summed E-state index contributed by atoms with van der Waals surface area (Å²) in [6, 6.07) is 5.30. The van der Waals surface area contributed by atoms with Gasteiger partial charge in [-0.15, -0.1) is 0 Å². The highest BCUT2D eigenvalue weighted by molar-refractivity contribution is 5.59. The molecule has 2 heterocycles. The Labute approximate surface area is 118 Å². The van der Waals surface area contributed by atoms with Crippen molar-refractivity contribution in [3.05, 3.63) is 41.6 Å². The summed E-state index contributed by atoms with van der Waals surface area (Å²) in [6.07, 6.45) is 5.20. The van der Waals surface area contributed by atoms with Crippen molar-refractivity contribution in [2.45, 2.75) is 26.2 Å². The van der Waals surface area contributed by atoms with Crippen molar-refractivity contribution in [3.63, 3.8) is 0 Å². The van der Waals surface area contributed by atoms with E-state index in [9.17, 15) is 4.39 Å². The van der Waals surface area contributed by atoms with Crippen molar-refractivity contribution in [1.29, 1.82) is 0 Å². The Balaban J connectivity index is 1.73. The van der Waals surface area contributed by atoms with Gasteiger partial charge in [0, 0.05) is 12.0 Å². The predicted molar refractivity (Wildman–Crippen MR) is 78.0 cm³/mol. The van der Waals surface area contributed by atoms with Gasteiger partial charge in [-0.25, -0.2) is 9.37 Å². The Hall–Kier alpha value is -1.68. The van der Waals surface area contributed by atoms with Gasteiger partial charge in [-0.2, -0.15) is 0 Å². The standard InChI is InChI=1S/C16H20FN3/c1-11-2-3-13(9-14(11)17)15-10-19-16(20-15)8-12-4-6-18-7-5-12/h2-3,9-10,12,18H,4-8H2,1H3,(H,19,20). The van der Waals surface area contributed by atoms with Gasteiger partial charge in [0.2, 0.25) is 0 Å². The van der Waals surface area contributed by atoms with E-state index in [0.29, 0.717) is 11.5 Å². The largest absolute Gasteiger partial charge is 0.342 e. The highest BCUT2D eigenvalue weighted by Gasteiger charge is 2.15. The van der Waals surface area contributed by atoms with Gasteiger partial charge in [0.1, 0.15) is 11.6 Å². The quantitative estimate of drug-likeness (QED) is 0.902. The van der Waals surface area contributed by atoms with Crippen LogP contribution in [0.4, 0.5) is 4.39 Å². The Morgan fingerprint density at radius 1 is 1.30 bits per heavy atom. The fourth-order valence-corrected chi connectivity index (χ4v) is 2.73. The predicted octanol–water partition coefficient (Wildman–Crippen LogP) is 3.07. The van der Waals surface area contributed by atoms with Crippen LogP contribution >= 0.6 is 0 Å². The summed E-state index contributed by atoms with van der Waals surface area (Å²) in [7, 11) is 0. The van der Waals surface area contributed by atoms with E-state index < -0.39 is 0 Å². The number of piperidine rings is 1. The molecule has 4 heteroatoms. The molecule has 0 unspecified atom stereocenters. The number of imidazole rings is 1. The molecular weight excluding hydrogens is 253 g/mol. The SMILES string of the molecule is Cc1ccc(-c2cnc(CC3CCNCC3)[nH]2)cc1F. The maximum atomic E-state index is 13.6. The molecule has 1 saturated heterocycles. The van der Waals surface area contributed by atoms with Crippen LogP contribution in [0.2, 0.25) is 0 Å². The molecule has 1 aromatic heterocycles. The maximum Gasteiger partial charge on any atom is 0.126 e. The number of halogens is 1. The van der Waals surface area contributed by atoms with E-state index in [4.69, 9.17) is 0 Å². The van der Waals surface area contributed by atoms with Crippen LogP contribution in [0.3, 0.4) is 0 Å². The van der Waals surface area contributed by atoms with E-state index in [1.54, 1.807) is 25.3 Å². The minimum atomic E-state index is -0.169. The molecule has 2 aromatic rings. The molecule has 3 nitrogen and oxygen atoms in total. The molecule has 0 spiro atoms. The van der Waals surface area contributed by atoms with E-state index in [1.807, 2.05) is 6.07 Å². The van der Waals surface area contributed by atoms with Crippen LogP contribution in [0.5, 0.6) is 0 Å². The van der Waals surface area contributed by atoms with Gasteiger partial charge in [-0.1, -0.05) is 12.1 Å². The Morgan fingerprint density at radius 3 is 2.85 bits per heavy atom. The zero-order valence-electron chi connectivity index (χ0n) is 11.7. The van der Waals surface area contributed by atoms with Crippen molar-refractivity contribution in [3.8, 4) is 11.3 Å². The number of rotatable bonds is 3. The van der Waals surface area contributed by atoms with Gasteiger partial charge in [0.25, 0.3) is 0 Å². The zero-order valence-corrected chi connectivity index (χ0v) is 11.7. The van der Waals surface area contributed by atoms with E-state index >= 15 is 0 Å². The molecule has 2 N–H and O–H groups in total. The van der Waals surface area contributed by atoms with Crippen molar-refractivity contribution in [1.82, 2.24) is 15.3 Å². The lowest BCUT2D eigenvalue weighted by atomic mass is 9.94. The first-order valence-electron chi connectivity index (χ1n) is 7.23. The molecular formula is C16H20FN3. The second-order valence-corrected chi connectivity index (χ2v) is 5.61. The molecule has 0 atom stereocenters. The van der Waals surface area contributed by atoms with Crippen LogP contribution < -0.4 is 5.32 Å². The normalized spacial score (nSPS) is 16.5. The maximum absolute atomic E-state index is 13.6. The van der Waals surface area contributed by atoms with Crippen LogP contribution in [0.1, 0.15) is 24.2 Å². The molecule has 0 saturated carbocycles. The van der Waals surface area contributed by atoms with Crippen LogP contribution in [-0.2, 0) is 6.42 Å². The molecule has 1 aliphatic heterocycles. The van der Waals surface area contributed by atoms with Crippen molar-refractivity contribution >= 4 is 0 Å². The summed E-state index contributed by atoms with van der Waals surface area (Å²) in [5, 5.41) is 3.37. The zero-order chi connectivity index (χ0) is 13.9.